The van der Waals surface area contributed by atoms with Gasteiger partial charge in [0.25, 0.3) is 5.91 Å². The summed E-state index contributed by atoms with van der Waals surface area (Å²) in [6.45, 7) is 9.88. The standard InChI is InChI=1S/C18H24N4O/c1-12-11-15(21-17(19-12)22-18(3,4)5)16(23)20-13(2)14-9-7-6-8-10-14/h6-11,13H,1-5H3,(H,20,23)(H,19,21,22). The molecule has 0 saturated heterocycles. The number of amides is 1. The van der Waals surface area contributed by atoms with Gasteiger partial charge in [0.1, 0.15) is 5.69 Å². The van der Waals surface area contributed by atoms with Crippen LogP contribution in [0.4, 0.5) is 5.95 Å². The van der Waals surface area contributed by atoms with E-state index in [0.717, 1.165) is 11.3 Å². The van der Waals surface area contributed by atoms with Crippen LogP contribution in [0.15, 0.2) is 36.4 Å². The number of aryl methyl sites for hydroxylation is 1. The smallest absolute Gasteiger partial charge is 0.270 e. The minimum atomic E-state index is -0.205. The van der Waals surface area contributed by atoms with Gasteiger partial charge in [-0.3, -0.25) is 4.79 Å². The van der Waals surface area contributed by atoms with Crippen LogP contribution in [0.2, 0.25) is 0 Å². The summed E-state index contributed by atoms with van der Waals surface area (Å²) in [6.07, 6.45) is 0. The van der Waals surface area contributed by atoms with Crippen LogP contribution in [0, 0.1) is 6.92 Å². The molecule has 2 N–H and O–H groups in total. The van der Waals surface area contributed by atoms with E-state index < -0.39 is 0 Å². The predicted octanol–water partition coefficient (Wildman–Crippen LogP) is 3.49. The molecule has 0 saturated carbocycles. The summed E-state index contributed by atoms with van der Waals surface area (Å²) in [6, 6.07) is 11.5. The first-order valence-electron chi connectivity index (χ1n) is 7.74. The zero-order valence-electron chi connectivity index (χ0n) is 14.3. The highest BCUT2D eigenvalue weighted by molar-refractivity contribution is 5.92. The number of hydrogen-bond donors (Lipinski definition) is 2. The Morgan fingerprint density at radius 2 is 1.78 bits per heavy atom. The summed E-state index contributed by atoms with van der Waals surface area (Å²) < 4.78 is 0. The molecule has 1 unspecified atom stereocenters. The highest BCUT2D eigenvalue weighted by atomic mass is 16.1. The monoisotopic (exact) mass is 312 g/mol. The molecule has 5 heteroatoms. The fraction of sp³-hybridized carbons (Fsp3) is 0.389. The molecule has 1 atom stereocenters. The number of anilines is 1. The number of nitrogens with one attached hydrogen (secondary N) is 2. The highest BCUT2D eigenvalue weighted by Crippen LogP contribution is 2.14. The van der Waals surface area contributed by atoms with Crippen molar-refractivity contribution in [2.45, 2.75) is 46.2 Å². The normalized spacial score (nSPS) is 12.6. The fourth-order valence-electron chi connectivity index (χ4n) is 2.17. The Hall–Kier alpha value is -2.43. The maximum atomic E-state index is 12.5. The van der Waals surface area contributed by atoms with Crippen molar-refractivity contribution in [1.82, 2.24) is 15.3 Å². The van der Waals surface area contributed by atoms with E-state index in [9.17, 15) is 4.79 Å². The Bertz CT molecular complexity index is 677. The van der Waals surface area contributed by atoms with Crippen LogP contribution in [-0.2, 0) is 0 Å². The Morgan fingerprint density at radius 1 is 1.13 bits per heavy atom. The Labute approximate surface area is 137 Å². The molecule has 1 aromatic heterocycles. The van der Waals surface area contributed by atoms with Crippen molar-refractivity contribution in [2.24, 2.45) is 0 Å². The lowest BCUT2D eigenvalue weighted by molar-refractivity contribution is 0.0934. The van der Waals surface area contributed by atoms with E-state index in [1.807, 2.05) is 65.0 Å². The maximum Gasteiger partial charge on any atom is 0.270 e. The Kier molecular flexibility index (Phi) is 4.98. The van der Waals surface area contributed by atoms with Crippen molar-refractivity contribution in [3.05, 3.63) is 53.3 Å². The molecule has 0 aliphatic heterocycles. The minimum absolute atomic E-state index is 0.0852. The second-order valence-corrected chi connectivity index (χ2v) is 6.70. The zero-order valence-corrected chi connectivity index (χ0v) is 14.3. The molecule has 0 fully saturated rings. The second kappa shape index (κ2) is 6.77. The molecule has 5 nitrogen and oxygen atoms in total. The molecule has 23 heavy (non-hydrogen) atoms. The fourth-order valence-corrected chi connectivity index (χ4v) is 2.17. The Balaban J connectivity index is 2.16. The zero-order chi connectivity index (χ0) is 17.0. The summed E-state index contributed by atoms with van der Waals surface area (Å²) >= 11 is 0. The van der Waals surface area contributed by atoms with Crippen molar-refractivity contribution in [1.29, 1.82) is 0 Å². The third-order valence-electron chi connectivity index (χ3n) is 3.22. The van der Waals surface area contributed by atoms with Crippen LogP contribution < -0.4 is 10.6 Å². The number of nitrogens with zero attached hydrogens (tertiary/aromatic N) is 2. The second-order valence-electron chi connectivity index (χ2n) is 6.70. The first-order valence-corrected chi connectivity index (χ1v) is 7.74. The van der Waals surface area contributed by atoms with E-state index in [2.05, 4.69) is 20.6 Å². The summed E-state index contributed by atoms with van der Waals surface area (Å²) in [5.41, 5.74) is 2.01. The van der Waals surface area contributed by atoms with Crippen molar-refractivity contribution in [2.75, 3.05) is 5.32 Å². The van der Waals surface area contributed by atoms with Crippen molar-refractivity contribution in [3.63, 3.8) is 0 Å². The molecule has 0 bridgehead atoms. The number of carbonyl (C=O) groups excluding carboxylic acids is 1. The first kappa shape index (κ1) is 16.9. The molecular formula is C18H24N4O. The SMILES string of the molecule is Cc1cc(C(=O)NC(C)c2ccccc2)nc(NC(C)(C)C)n1. The highest BCUT2D eigenvalue weighted by Gasteiger charge is 2.16. The molecule has 122 valence electrons. The summed E-state index contributed by atoms with van der Waals surface area (Å²) in [7, 11) is 0. The van der Waals surface area contributed by atoms with Gasteiger partial charge < -0.3 is 10.6 Å². The Morgan fingerprint density at radius 3 is 2.39 bits per heavy atom. The largest absolute Gasteiger partial charge is 0.350 e. The van der Waals surface area contributed by atoms with Gasteiger partial charge in [-0.05, 0) is 46.2 Å². The molecule has 0 aliphatic rings. The number of aromatic nitrogens is 2. The lowest BCUT2D eigenvalue weighted by Gasteiger charge is -2.21. The van der Waals surface area contributed by atoms with Crippen LogP contribution in [0.5, 0.6) is 0 Å². The van der Waals surface area contributed by atoms with Gasteiger partial charge in [-0.2, -0.15) is 0 Å². The van der Waals surface area contributed by atoms with Crippen LogP contribution in [0.25, 0.3) is 0 Å². The van der Waals surface area contributed by atoms with E-state index >= 15 is 0 Å². The molecule has 1 amide bonds. The molecule has 2 aromatic rings. The van der Waals surface area contributed by atoms with Gasteiger partial charge in [0.15, 0.2) is 0 Å². The average Bonchev–Trinajstić information content (AvgIpc) is 2.45. The number of hydrogen-bond acceptors (Lipinski definition) is 4. The number of benzene rings is 1. The maximum absolute atomic E-state index is 12.5. The van der Waals surface area contributed by atoms with Gasteiger partial charge in [0.05, 0.1) is 6.04 Å². The summed E-state index contributed by atoms with van der Waals surface area (Å²) in [5.74, 6) is 0.263. The topological polar surface area (TPSA) is 66.9 Å². The van der Waals surface area contributed by atoms with Gasteiger partial charge in [0.2, 0.25) is 5.95 Å². The third kappa shape index (κ3) is 5.06. The molecule has 0 radical (unpaired) electrons. The van der Waals surface area contributed by atoms with Crippen molar-refractivity contribution in [3.8, 4) is 0 Å². The average molecular weight is 312 g/mol. The van der Waals surface area contributed by atoms with Gasteiger partial charge in [-0.25, -0.2) is 9.97 Å². The third-order valence-corrected chi connectivity index (χ3v) is 3.22. The van der Waals surface area contributed by atoms with Gasteiger partial charge in [0, 0.05) is 11.2 Å². The van der Waals surface area contributed by atoms with Crippen LogP contribution in [0.1, 0.15) is 55.5 Å². The summed E-state index contributed by atoms with van der Waals surface area (Å²) in [4.78, 5) is 21.1. The lowest BCUT2D eigenvalue weighted by atomic mass is 10.1. The van der Waals surface area contributed by atoms with E-state index in [1.165, 1.54) is 0 Å². The van der Waals surface area contributed by atoms with Crippen LogP contribution in [-0.4, -0.2) is 21.4 Å². The molecule has 1 aromatic carbocycles. The first-order chi connectivity index (χ1) is 10.7. The summed E-state index contributed by atoms with van der Waals surface area (Å²) in [5, 5.41) is 6.17. The van der Waals surface area contributed by atoms with Gasteiger partial charge in [-0.1, -0.05) is 30.3 Å². The number of carbonyl (C=O) groups is 1. The van der Waals surface area contributed by atoms with Gasteiger partial charge >= 0.3 is 0 Å². The van der Waals surface area contributed by atoms with Crippen molar-refractivity contribution < 1.29 is 4.79 Å². The minimum Gasteiger partial charge on any atom is -0.350 e. The molecule has 1 heterocycles. The van der Waals surface area contributed by atoms with E-state index in [0.29, 0.717) is 11.6 Å². The molecular weight excluding hydrogens is 288 g/mol. The number of rotatable bonds is 4. The van der Waals surface area contributed by atoms with Crippen LogP contribution >= 0.6 is 0 Å². The van der Waals surface area contributed by atoms with E-state index in [4.69, 9.17) is 0 Å². The van der Waals surface area contributed by atoms with Gasteiger partial charge in [-0.15, -0.1) is 0 Å². The van der Waals surface area contributed by atoms with Crippen LogP contribution in [0.3, 0.4) is 0 Å². The molecule has 2 rings (SSSR count). The van der Waals surface area contributed by atoms with E-state index in [-0.39, 0.29) is 17.5 Å². The van der Waals surface area contributed by atoms with E-state index in [1.54, 1.807) is 6.07 Å². The molecule has 0 aliphatic carbocycles. The molecule has 0 spiro atoms. The van der Waals surface area contributed by atoms with Crippen molar-refractivity contribution >= 4 is 11.9 Å². The lowest BCUT2D eigenvalue weighted by Crippen LogP contribution is -2.30. The quantitative estimate of drug-likeness (QED) is 0.907. The predicted molar refractivity (Wildman–Crippen MR) is 92.5 cm³/mol.